The van der Waals surface area contributed by atoms with Gasteiger partial charge in [0.2, 0.25) is 0 Å². The molecule has 0 spiro atoms. The van der Waals surface area contributed by atoms with Gasteiger partial charge in [0.15, 0.2) is 0 Å². The highest BCUT2D eigenvalue weighted by atomic mass is 32.1. The van der Waals surface area contributed by atoms with Crippen molar-refractivity contribution in [3.8, 4) is 11.5 Å². The van der Waals surface area contributed by atoms with E-state index in [9.17, 15) is 10.2 Å². The molecule has 0 saturated heterocycles. The third-order valence-corrected chi connectivity index (χ3v) is 6.58. The van der Waals surface area contributed by atoms with E-state index in [1.165, 1.54) is 16.0 Å². The minimum atomic E-state index is 0.0889. The van der Waals surface area contributed by atoms with E-state index < -0.39 is 0 Å². The molecular weight excluding hydrogens is 340 g/mol. The first-order valence-electron chi connectivity index (χ1n) is 8.86. The topological polar surface area (TPSA) is 40.5 Å². The van der Waals surface area contributed by atoms with E-state index in [0.717, 1.165) is 33.4 Å². The Hall–Kier alpha value is -2.26. The fourth-order valence-corrected chi connectivity index (χ4v) is 4.59. The fourth-order valence-electron chi connectivity index (χ4n) is 3.73. The van der Waals surface area contributed by atoms with Crippen molar-refractivity contribution in [1.82, 2.24) is 0 Å². The molecule has 1 heterocycles. The van der Waals surface area contributed by atoms with Crippen LogP contribution >= 0.6 is 11.3 Å². The first kappa shape index (κ1) is 18.5. The minimum absolute atomic E-state index is 0.0889. The Morgan fingerprint density at radius 2 is 1.19 bits per heavy atom. The summed E-state index contributed by atoms with van der Waals surface area (Å²) < 4.78 is 0. The van der Waals surface area contributed by atoms with Gasteiger partial charge in [-0.1, -0.05) is 18.2 Å². The molecule has 0 bridgehead atoms. The highest BCUT2D eigenvalue weighted by Crippen LogP contribution is 2.43. The largest absolute Gasteiger partial charge is 0.507 e. The van der Waals surface area contributed by atoms with E-state index in [-0.39, 0.29) is 5.92 Å². The molecule has 0 aliphatic heterocycles. The van der Waals surface area contributed by atoms with Crippen LogP contribution in [0, 0.1) is 41.5 Å². The first-order chi connectivity index (χ1) is 12.2. The minimum Gasteiger partial charge on any atom is -0.507 e. The van der Waals surface area contributed by atoms with Crippen LogP contribution < -0.4 is 0 Å². The lowest BCUT2D eigenvalue weighted by molar-refractivity contribution is 0.465. The van der Waals surface area contributed by atoms with Gasteiger partial charge in [-0.15, -0.1) is 11.3 Å². The van der Waals surface area contributed by atoms with Crippen LogP contribution in [0.1, 0.15) is 55.3 Å². The predicted molar refractivity (Wildman–Crippen MR) is 110 cm³/mol. The third-order valence-electron chi connectivity index (χ3n) is 5.64. The number of phenolic OH excluding ortho intramolecular Hbond substituents is 2. The van der Waals surface area contributed by atoms with Gasteiger partial charge < -0.3 is 10.2 Å². The fraction of sp³-hybridized carbons (Fsp3) is 0.304. The van der Waals surface area contributed by atoms with Gasteiger partial charge in [0.05, 0.1) is 0 Å². The number of phenols is 2. The van der Waals surface area contributed by atoms with E-state index in [1.54, 1.807) is 11.3 Å². The van der Waals surface area contributed by atoms with Crippen molar-refractivity contribution in [3.63, 3.8) is 0 Å². The van der Waals surface area contributed by atoms with Crippen LogP contribution in [0.5, 0.6) is 11.5 Å². The summed E-state index contributed by atoms with van der Waals surface area (Å²) in [6.07, 6.45) is 0. The zero-order valence-electron chi connectivity index (χ0n) is 16.3. The predicted octanol–water partition coefficient (Wildman–Crippen LogP) is 6.19. The molecule has 26 heavy (non-hydrogen) atoms. The van der Waals surface area contributed by atoms with Gasteiger partial charge >= 0.3 is 0 Å². The van der Waals surface area contributed by atoms with Crippen LogP contribution in [0.15, 0.2) is 29.6 Å². The van der Waals surface area contributed by atoms with Crippen molar-refractivity contribution in [3.05, 3.63) is 79.0 Å². The Kier molecular flexibility index (Phi) is 4.85. The Morgan fingerprint density at radius 3 is 1.58 bits per heavy atom. The number of aryl methyl sites for hydroxylation is 2. The number of hydrogen-bond acceptors (Lipinski definition) is 3. The third kappa shape index (κ3) is 2.90. The van der Waals surface area contributed by atoms with Crippen LogP contribution in [0.3, 0.4) is 0 Å². The van der Waals surface area contributed by atoms with Gasteiger partial charge in [-0.25, -0.2) is 0 Å². The number of thiophene rings is 1. The molecule has 3 aromatic rings. The van der Waals surface area contributed by atoms with Gasteiger partial charge in [-0.3, -0.25) is 0 Å². The van der Waals surface area contributed by atoms with Gasteiger partial charge in [0.25, 0.3) is 0 Å². The molecule has 2 nitrogen and oxygen atoms in total. The Balaban J connectivity index is 2.35. The van der Waals surface area contributed by atoms with Crippen LogP contribution in [-0.4, -0.2) is 10.2 Å². The number of aromatic hydroxyl groups is 2. The first-order valence-corrected chi connectivity index (χ1v) is 9.74. The smallest absolute Gasteiger partial charge is 0.121 e. The number of hydrogen-bond donors (Lipinski definition) is 2. The van der Waals surface area contributed by atoms with Gasteiger partial charge in [-0.2, -0.15) is 0 Å². The average Bonchev–Trinajstić information content (AvgIpc) is 3.14. The second-order valence-corrected chi connectivity index (χ2v) is 8.19. The van der Waals surface area contributed by atoms with Crippen molar-refractivity contribution < 1.29 is 10.2 Å². The summed E-state index contributed by atoms with van der Waals surface area (Å²) in [4.78, 5) is 1.27. The van der Waals surface area contributed by atoms with Gasteiger partial charge in [0.1, 0.15) is 11.5 Å². The molecule has 2 aromatic carbocycles. The van der Waals surface area contributed by atoms with Crippen molar-refractivity contribution in [2.45, 2.75) is 47.5 Å². The Bertz CT molecular complexity index is 905. The monoisotopic (exact) mass is 366 g/mol. The maximum absolute atomic E-state index is 10.3. The molecular formula is C23H26O2S. The van der Waals surface area contributed by atoms with E-state index in [0.29, 0.717) is 11.5 Å². The van der Waals surface area contributed by atoms with E-state index >= 15 is 0 Å². The molecule has 136 valence electrons. The number of benzene rings is 2. The molecule has 2 N–H and O–H groups in total. The highest BCUT2D eigenvalue weighted by molar-refractivity contribution is 7.10. The van der Waals surface area contributed by atoms with E-state index in [4.69, 9.17) is 0 Å². The summed E-state index contributed by atoms with van der Waals surface area (Å²) in [6, 6.07) is 8.47. The second kappa shape index (κ2) is 6.81. The molecule has 0 unspecified atom stereocenters. The molecule has 0 aliphatic rings. The molecule has 0 saturated carbocycles. The van der Waals surface area contributed by atoms with Crippen LogP contribution in [0.2, 0.25) is 0 Å². The summed E-state index contributed by atoms with van der Waals surface area (Å²) in [5, 5.41) is 22.8. The maximum atomic E-state index is 10.3. The zero-order valence-corrected chi connectivity index (χ0v) is 17.1. The van der Waals surface area contributed by atoms with Crippen molar-refractivity contribution in [1.29, 1.82) is 0 Å². The molecule has 1 aromatic heterocycles. The average molecular weight is 367 g/mol. The molecule has 3 heteroatoms. The SMILES string of the molecule is Cc1cc(C(c2cccs2)c2cc(C)c(O)c(C)c2C)c(C)c(C)c1O. The molecule has 0 radical (unpaired) electrons. The van der Waals surface area contributed by atoms with Gasteiger partial charge in [-0.05, 0) is 97.5 Å². The second-order valence-electron chi connectivity index (χ2n) is 7.21. The van der Waals surface area contributed by atoms with Crippen LogP contribution in [-0.2, 0) is 0 Å². The number of rotatable bonds is 3. The van der Waals surface area contributed by atoms with Crippen molar-refractivity contribution >= 4 is 11.3 Å². The molecule has 3 rings (SSSR count). The molecule has 0 amide bonds. The van der Waals surface area contributed by atoms with Crippen LogP contribution in [0.25, 0.3) is 0 Å². The normalized spacial score (nSPS) is 11.3. The molecule has 0 fully saturated rings. The lowest BCUT2D eigenvalue weighted by atomic mass is 9.81. The Morgan fingerprint density at radius 1 is 0.731 bits per heavy atom. The lowest BCUT2D eigenvalue weighted by Gasteiger charge is -2.25. The van der Waals surface area contributed by atoms with Crippen LogP contribution in [0.4, 0.5) is 0 Å². The van der Waals surface area contributed by atoms with Gasteiger partial charge in [0, 0.05) is 10.8 Å². The van der Waals surface area contributed by atoms with E-state index in [1.807, 2.05) is 27.7 Å². The maximum Gasteiger partial charge on any atom is 0.121 e. The van der Waals surface area contributed by atoms with Crippen molar-refractivity contribution in [2.24, 2.45) is 0 Å². The highest BCUT2D eigenvalue weighted by Gasteiger charge is 2.25. The standard InChI is InChI=1S/C23H26O2S/c1-12-10-18(14(3)16(5)22(12)24)21(20-8-7-9-26-20)19-11-13(2)23(25)17(6)15(19)4/h7-11,21,24-25H,1-6H3. The summed E-state index contributed by atoms with van der Waals surface area (Å²) in [6.45, 7) is 12.0. The zero-order chi connectivity index (χ0) is 19.2. The molecule has 0 aliphatic carbocycles. The van der Waals surface area contributed by atoms with E-state index in [2.05, 4.69) is 43.5 Å². The quantitative estimate of drug-likeness (QED) is 0.580. The van der Waals surface area contributed by atoms with Crippen molar-refractivity contribution in [2.75, 3.05) is 0 Å². The summed E-state index contributed by atoms with van der Waals surface area (Å²) in [5.41, 5.74) is 8.34. The summed E-state index contributed by atoms with van der Waals surface area (Å²) >= 11 is 1.74. The lowest BCUT2D eigenvalue weighted by Crippen LogP contribution is -2.09. The molecule has 0 atom stereocenters. The summed E-state index contributed by atoms with van der Waals surface area (Å²) in [5.74, 6) is 0.850. The Labute approximate surface area is 159 Å². The summed E-state index contributed by atoms with van der Waals surface area (Å²) in [7, 11) is 0.